The molecule has 15 atom stereocenters. The Bertz CT molecular complexity index is 1870. The number of methoxy groups -OCH3 is 1. The number of hydrogen-bond donors (Lipinski definition) is 12. The lowest BCUT2D eigenvalue weighted by Gasteiger charge is -2.42. The minimum Gasteiger partial charge on any atom is -0.508 e. The van der Waals surface area contributed by atoms with Gasteiger partial charge >= 0.3 is 0 Å². The molecule has 3 fully saturated rings. The predicted molar refractivity (Wildman–Crippen MR) is 178 cm³/mol. The molecule has 55 heavy (non-hydrogen) atoms. The highest BCUT2D eigenvalue weighted by Crippen LogP contribution is 2.41. The lowest BCUT2D eigenvalue weighted by Crippen LogP contribution is -2.61. The molecule has 21 nitrogen and oxygen atoms in total. The van der Waals surface area contributed by atoms with Crippen LogP contribution in [0.1, 0.15) is 6.92 Å². The average Bonchev–Trinajstić information content (AvgIpc) is 3.16. The van der Waals surface area contributed by atoms with Crippen LogP contribution in [0.4, 0.5) is 0 Å². The molecule has 3 aromatic rings. The van der Waals surface area contributed by atoms with Crippen LogP contribution in [-0.2, 0) is 18.9 Å². The van der Waals surface area contributed by atoms with Gasteiger partial charge < -0.3 is 98.9 Å². The molecular formula is C34H42O21. The van der Waals surface area contributed by atoms with Gasteiger partial charge in [-0.1, -0.05) is 0 Å². The van der Waals surface area contributed by atoms with Crippen LogP contribution in [0, 0.1) is 0 Å². The molecule has 4 heterocycles. The number of rotatable bonds is 10. The van der Waals surface area contributed by atoms with Crippen molar-refractivity contribution in [1.82, 2.24) is 0 Å². The zero-order chi connectivity index (χ0) is 40.0. The van der Waals surface area contributed by atoms with Gasteiger partial charge in [0.05, 0.1) is 26.4 Å². The van der Waals surface area contributed by atoms with Crippen LogP contribution < -0.4 is 19.6 Å². The molecule has 0 amide bonds. The Hall–Kier alpha value is -3.91. The van der Waals surface area contributed by atoms with E-state index in [0.29, 0.717) is 0 Å². The van der Waals surface area contributed by atoms with E-state index >= 15 is 0 Å². The predicted octanol–water partition coefficient (Wildman–Crippen LogP) is -3.91. The van der Waals surface area contributed by atoms with Crippen LogP contribution in [0.15, 0.2) is 39.5 Å². The van der Waals surface area contributed by atoms with Crippen molar-refractivity contribution in [3.05, 3.63) is 40.6 Å². The number of ether oxygens (including phenoxy) is 7. The number of aliphatic hydroxyl groups excluding tert-OH is 10. The number of aliphatic hydroxyl groups is 10. The van der Waals surface area contributed by atoms with Crippen LogP contribution in [0.25, 0.3) is 22.3 Å². The Labute approximate surface area is 309 Å². The molecule has 3 saturated heterocycles. The lowest BCUT2D eigenvalue weighted by atomic mass is 9.98. The molecule has 0 saturated carbocycles. The van der Waals surface area contributed by atoms with Gasteiger partial charge in [0.25, 0.3) is 0 Å². The van der Waals surface area contributed by atoms with E-state index in [2.05, 4.69) is 0 Å². The summed E-state index contributed by atoms with van der Waals surface area (Å²) < 4.78 is 44.9. The minimum atomic E-state index is -2.03. The molecule has 0 radical (unpaired) electrons. The summed E-state index contributed by atoms with van der Waals surface area (Å²) in [5.74, 6) is -2.53. The molecule has 0 spiro atoms. The van der Waals surface area contributed by atoms with Crippen LogP contribution in [0.3, 0.4) is 0 Å². The second kappa shape index (κ2) is 16.3. The maximum absolute atomic E-state index is 14.0. The van der Waals surface area contributed by atoms with Crippen molar-refractivity contribution < 1.29 is 98.9 Å². The standard InChI is InChI=1S/C34H42O21/c1-10-20(38)24(42)27(45)32(50-10)49-9-18-22(40)26(44)29(47)34(54-18)55-31-23(41)19-13(37)6-12(36)7-16(19)51-30(31)11-3-4-14(15(5-11)48-2)52-33-28(46)25(43)21(39)17(8-35)53-33/h3-7,10,17-18,20-22,24-29,32-40,42-47H,8-9H2,1-2H3/t10-,17+,18+,20-,21+,22+,24+,25-,26-,27+,28+,29+,32+,33?,34-/m0/s1. The first kappa shape index (κ1) is 40.7. The van der Waals surface area contributed by atoms with Crippen LogP contribution in [-0.4, -0.2) is 174 Å². The lowest BCUT2D eigenvalue weighted by molar-refractivity contribution is -0.318. The SMILES string of the molecule is COc1cc(-c2oc3cc(O)cc(O)c3c(=O)c2O[C@@H]2O[C@H](CO[C@@H]3O[C@@H](C)[C@H](O)[C@@H](O)[C@H]3O)[C@@H](O)[C@H](O)[C@H]2O)ccc1OC1O[C@H](CO)[C@@H](O)[C@H](O)[C@H]1O. The number of hydrogen-bond acceptors (Lipinski definition) is 21. The molecule has 1 aromatic heterocycles. The van der Waals surface area contributed by atoms with Crippen molar-refractivity contribution in [2.75, 3.05) is 20.3 Å². The Kier molecular flexibility index (Phi) is 12.1. The topological polar surface area (TPSA) is 338 Å². The molecule has 12 N–H and O–H groups in total. The Morgan fingerprint density at radius 2 is 1.27 bits per heavy atom. The van der Waals surface area contributed by atoms with Gasteiger partial charge in [-0.3, -0.25) is 4.79 Å². The van der Waals surface area contributed by atoms with Gasteiger partial charge in [-0.05, 0) is 25.1 Å². The maximum Gasteiger partial charge on any atom is 0.239 e. The fourth-order valence-corrected chi connectivity index (χ4v) is 6.37. The molecule has 0 bridgehead atoms. The van der Waals surface area contributed by atoms with Crippen molar-refractivity contribution in [1.29, 1.82) is 0 Å². The van der Waals surface area contributed by atoms with E-state index < -0.39 is 139 Å². The monoisotopic (exact) mass is 786 g/mol. The quantitative estimate of drug-likeness (QED) is 0.0934. The second-order valence-electron chi connectivity index (χ2n) is 13.3. The van der Waals surface area contributed by atoms with E-state index in [4.69, 9.17) is 37.6 Å². The molecule has 0 aliphatic carbocycles. The van der Waals surface area contributed by atoms with Gasteiger partial charge in [-0.15, -0.1) is 0 Å². The molecule has 6 rings (SSSR count). The normalized spacial score (nSPS) is 36.8. The summed E-state index contributed by atoms with van der Waals surface area (Å²) in [5.41, 5.74) is -1.39. The van der Waals surface area contributed by atoms with Crippen LogP contribution >= 0.6 is 0 Å². The Morgan fingerprint density at radius 3 is 1.93 bits per heavy atom. The summed E-state index contributed by atoms with van der Waals surface area (Å²) >= 11 is 0. The first-order valence-corrected chi connectivity index (χ1v) is 16.9. The van der Waals surface area contributed by atoms with Crippen LogP contribution in [0.2, 0.25) is 0 Å². The first-order valence-electron chi connectivity index (χ1n) is 16.9. The molecular weight excluding hydrogens is 744 g/mol. The fraction of sp³-hybridized carbons (Fsp3) is 0.559. The fourth-order valence-electron chi connectivity index (χ4n) is 6.37. The molecule has 304 valence electrons. The van der Waals surface area contributed by atoms with E-state index in [9.17, 15) is 66.1 Å². The van der Waals surface area contributed by atoms with Gasteiger partial charge in [0, 0.05) is 17.7 Å². The van der Waals surface area contributed by atoms with Crippen molar-refractivity contribution in [2.45, 2.75) is 99.0 Å². The summed E-state index contributed by atoms with van der Waals surface area (Å²) in [5, 5.41) is 123. The van der Waals surface area contributed by atoms with Gasteiger partial charge in [0.1, 0.15) is 89.6 Å². The maximum atomic E-state index is 14.0. The summed E-state index contributed by atoms with van der Waals surface area (Å²) in [6.07, 6.45) is -24.7. The smallest absolute Gasteiger partial charge is 0.239 e. The van der Waals surface area contributed by atoms with E-state index in [1.54, 1.807) is 0 Å². The number of phenolic OH excluding ortho intramolecular Hbond substituents is 2. The summed E-state index contributed by atoms with van der Waals surface area (Å²) in [4.78, 5) is 14.0. The number of benzene rings is 2. The Balaban J connectivity index is 1.33. The third kappa shape index (κ3) is 7.77. The van der Waals surface area contributed by atoms with Crippen molar-refractivity contribution in [3.8, 4) is 40.1 Å². The van der Waals surface area contributed by atoms with E-state index in [-0.39, 0.29) is 22.6 Å². The highest BCUT2D eigenvalue weighted by molar-refractivity contribution is 5.88. The van der Waals surface area contributed by atoms with Crippen molar-refractivity contribution >= 4 is 11.0 Å². The molecule has 3 aliphatic rings. The third-order valence-electron chi connectivity index (χ3n) is 9.57. The molecule has 21 heteroatoms. The highest BCUT2D eigenvalue weighted by Gasteiger charge is 2.48. The Morgan fingerprint density at radius 1 is 0.673 bits per heavy atom. The summed E-state index contributed by atoms with van der Waals surface area (Å²) in [6, 6.07) is 5.71. The summed E-state index contributed by atoms with van der Waals surface area (Å²) in [7, 11) is 1.23. The average molecular weight is 787 g/mol. The third-order valence-corrected chi connectivity index (χ3v) is 9.57. The summed E-state index contributed by atoms with van der Waals surface area (Å²) in [6.45, 7) is 0.0497. The molecule has 3 aliphatic heterocycles. The van der Waals surface area contributed by atoms with Gasteiger partial charge in [0.15, 0.2) is 23.5 Å². The first-order chi connectivity index (χ1) is 26.1. The number of fused-ring (bicyclic) bond motifs is 1. The molecule has 1 unspecified atom stereocenters. The van der Waals surface area contributed by atoms with Crippen LogP contribution in [0.5, 0.6) is 28.7 Å². The van der Waals surface area contributed by atoms with Gasteiger partial charge in [0.2, 0.25) is 23.8 Å². The second-order valence-corrected chi connectivity index (χ2v) is 13.3. The van der Waals surface area contributed by atoms with Crippen molar-refractivity contribution in [2.24, 2.45) is 0 Å². The minimum absolute atomic E-state index is 0.00102. The zero-order valence-electron chi connectivity index (χ0n) is 29.0. The van der Waals surface area contributed by atoms with E-state index in [1.165, 1.54) is 32.2 Å². The largest absolute Gasteiger partial charge is 0.508 e. The van der Waals surface area contributed by atoms with Gasteiger partial charge in [-0.25, -0.2) is 0 Å². The molecule has 2 aromatic carbocycles. The zero-order valence-corrected chi connectivity index (χ0v) is 29.0. The highest BCUT2D eigenvalue weighted by atomic mass is 16.7. The van der Waals surface area contributed by atoms with E-state index in [1.807, 2.05) is 0 Å². The van der Waals surface area contributed by atoms with Crippen molar-refractivity contribution in [3.63, 3.8) is 0 Å². The number of aromatic hydroxyl groups is 2. The number of phenols is 2. The van der Waals surface area contributed by atoms with Gasteiger partial charge in [-0.2, -0.15) is 0 Å². The van der Waals surface area contributed by atoms with E-state index in [0.717, 1.165) is 12.1 Å².